The molecule has 94 valence electrons. The average Bonchev–Trinajstić information content (AvgIpc) is 2.75. The first-order chi connectivity index (χ1) is 8.74. The first-order valence-corrected chi connectivity index (χ1v) is 6.06. The second-order valence-electron chi connectivity index (χ2n) is 4.21. The van der Waals surface area contributed by atoms with Gasteiger partial charge in [0.15, 0.2) is 5.82 Å². The molecule has 4 nitrogen and oxygen atoms in total. The predicted molar refractivity (Wildman–Crippen MR) is 75.9 cm³/mol. The summed E-state index contributed by atoms with van der Waals surface area (Å²) in [6, 6.07) is 8.46. The van der Waals surface area contributed by atoms with Gasteiger partial charge in [-0.05, 0) is 26.1 Å². The van der Waals surface area contributed by atoms with E-state index in [0.29, 0.717) is 0 Å². The molecule has 0 amide bonds. The number of anilines is 1. The summed E-state index contributed by atoms with van der Waals surface area (Å²) in [5, 5.41) is 7.62. The molecule has 2 rings (SSSR count). The maximum atomic E-state index is 4.34. The zero-order valence-electron chi connectivity index (χ0n) is 10.8. The van der Waals surface area contributed by atoms with Crippen molar-refractivity contribution < 1.29 is 0 Å². The lowest BCUT2D eigenvalue weighted by atomic mass is 10.1. The van der Waals surface area contributed by atoms with E-state index in [-0.39, 0.29) is 0 Å². The summed E-state index contributed by atoms with van der Waals surface area (Å²) in [4.78, 5) is 3.97. The average molecular weight is 242 g/mol. The highest BCUT2D eigenvalue weighted by molar-refractivity contribution is 5.63. The van der Waals surface area contributed by atoms with Crippen LogP contribution >= 0.6 is 0 Å². The van der Waals surface area contributed by atoms with E-state index < -0.39 is 0 Å². The topological polar surface area (TPSA) is 42.2 Å². The van der Waals surface area contributed by atoms with Gasteiger partial charge in [0.25, 0.3) is 0 Å². The van der Waals surface area contributed by atoms with Gasteiger partial charge in [-0.25, -0.2) is 4.68 Å². The summed E-state index contributed by atoms with van der Waals surface area (Å²) >= 11 is 0. The standard InChI is InChI=1S/C14H18N4/c1-4-16-14-13(15-3)9-17-18(14)10-12-7-5-11(2)6-8-12/h5-9,16H,3-4,10H2,1-2H3. The molecule has 0 aliphatic carbocycles. The van der Waals surface area contributed by atoms with Gasteiger partial charge in [-0.15, -0.1) is 0 Å². The van der Waals surface area contributed by atoms with Crippen molar-refractivity contribution in [3.05, 3.63) is 41.6 Å². The lowest BCUT2D eigenvalue weighted by Gasteiger charge is -2.09. The van der Waals surface area contributed by atoms with Crippen LogP contribution in [0.4, 0.5) is 11.5 Å². The molecule has 0 fully saturated rings. The molecule has 0 unspecified atom stereocenters. The predicted octanol–water partition coefficient (Wildman–Crippen LogP) is 3.00. The second kappa shape index (κ2) is 5.49. The molecule has 4 heteroatoms. The molecule has 0 aliphatic heterocycles. The molecule has 2 aromatic rings. The fourth-order valence-electron chi connectivity index (χ4n) is 1.83. The Morgan fingerprint density at radius 2 is 2.06 bits per heavy atom. The van der Waals surface area contributed by atoms with Gasteiger partial charge in [-0.3, -0.25) is 4.99 Å². The van der Waals surface area contributed by atoms with E-state index in [1.807, 2.05) is 4.68 Å². The highest BCUT2D eigenvalue weighted by atomic mass is 15.3. The summed E-state index contributed by atoms with van der Waals surface area (Å²) in [7, 11) is 0. The van der Waals surface area contributed by atoms with Crippen molar-refractivity contribution in [2.24, 2.45) is 4.99 Å². The van der Waals surface area contributed by atoms with Gasteiger partial charge < -0.3 is 5.32 Å². The van der Waals surface area contributed by atoms with Crippen LogP contribution < -0.4 is 5.32 Å². The van der Waals surface area contributed by atoms with Gasteiger partial charge in [-0.1, -0.05) is 29.8 Å². The van der Waals surface area contributed by atoms with Crippen molar-refractivity contribution in [2.45, 2.75) is 20.4 Å². The van der Waals surface area contributed by atoms with Crippen molar-refractivity contribution >= 4 is 18.2 Å². The van der Waals surface area contributed by atoms with E-state index in [2.05, 4.69) is 60.2 Å². The third kappa shape index (κ3) is 2.59. The van der Waals surface area contributed by atoms with Crippen molar-refractivity contribution in [1.29, 1.82) is 0 Å². The lowest BCUT2D eigenvalue weighted by Crippen LogP contribution is -2.08. The SMILES string of the molecule is C=Nc1cnn(Cc2ccc(C)cc2)c1NCC. The molecular formula is C14H18N4. The van der Waals surface area contributed by atoms with Crippen LogP contribution in [0.2, 0.25) is 0 Å². The van der Waals surface area contributed by atoms with Crippen molar-refractivity contribution in [3.63, 3.8) is 0 Å². The molecular weight excluding hydrogens is 224 g/mol. The highest BCUT2D eigenvalue weighted by Gasteiger charge is 2.08. The van der Waals surface area contributed by atoms with Crippen LogP contribution in [-0.2, 0) is 6.54 Å². The van der Waals surface area contributed by atoms with Crippen molar-refractivity contribution in [3.8, 4) is 0 Å². The van der Waals surface area contributed by atoms with Gasteiger partial charge in [0.05, 0.1) is 12.7 Å². The number of benzene rings is 1. The molecule has 0 saturated carbocycles. The number of aryl methyl sites for hydroxylation is 1. The number of nitrogens with one attached hydrogen (secondary N) is 1. The smallest absolute Gasteiger partial charge is 0.150 e. The number of rotatable bonds is 5. The quantitative estimate of drug-likeness (QED) is 0.819. The molecule has 0 atom stereocenters. The van der Waals surface area contributed by atoms with Crippen LogP contribution in [-0.4, -0.2) is 23.0 Å². The summed E-state index contributed by atoms with van der Waals surface area (Å²) in [6.45, 7) is 9.27. The Morgan fingerprint density at radius 3 is 2.67 bits per heavy atom. The number of aromatic nitrogens is 2. The Hall–Kier alpha value is -2.10. The van der Waals surface area contributed by atoms with Gasteiger partial charge in [0.2, 0.25) is 0 Å². The van der Waals surface area contributed by atoms with Crippen LogP contribution in [0.3, 0.4) is 0 Å². The Morgan fingerprint density at radius 1 is 1.33 bits per heavy atom. The summed E-state index contributed by atoms with van der Waals surface area (Å²) in [6.07, 6.45) is 1.74. The first kappa shape index (κ1) is 12.4. The largest absolute Gasteiger partial charge is 0.369 e. The number of hydrogen-bond donors (Lipinski definition) is 1. The molecule has 0 radical (unpaired) electrons. The third-order valence-corrected chi connectivity index (χ3v) is 2.79. The van der Waals surface area contributed by atoms with Crippen LogP contribution in [0.5, 0.6) is 0 Å². The van der Waals surface area contributed by atoms with E-state index in [9.17, 15) is 0 Å². The monoisotopic (exact) mass is 242 g/mol. The fraction of sp³-hybridized carbons (Fsp3) is 0.286. The van der Waals surface area contributed by atoms with E-state index in [0.717, 1.165) is 24.6 Å². The summed E-state index contributed by atoms with van der Waals surface area (Å²) in [5.41, 5.74) is 3.28. The van der Waals surface area contributed by atoms with Gasteiger partial charge in [0.1, 0.15) is 5.69 Å². The van der Waals surface area contributed by atoms with Crippen LogP contribution in [0.25, 0.3) is 0 Å². The third-order valence-electron chi connectivity index (χ3n) is 2.79. The maximum absolute atomic E-state index is 4.34. The van der Waals surface area contributed by atoms with E-state index in [1.54, 1.807) is 6.20 Å². The highest BCUT2D eigenvalue weighted by Crippen LogP contribution is 2.24. The van der Waals surface area contributed by atoms with Crippen molar-refractivity contribution in [1.82, 2.24) is 9.78 Å². The Balaban J connectivity index is 2.25. The van der Waals surface area contributed by atoms with Crippen LogP contribution in [0, 0.1) is 6.92 Å². The Labute approximate surface area is 107 Å². The van der Waals surface area contributed by atoms with Gasteiger partial charge in [0, 0.05) is 6.54 Å². The molecule has 1 heterocycles. The fourth-order valence-corrected chi connectivity index (χ4v) is 1.83. The molecule has 18 heavy (non-hydrogen) atoms. The van der Waals surface area contributed by atoms with E-state index in [4.69, 9.17) is 0 Å². The molecule has 1 aromatic carbocycles. The van der Waals surface area contributed by atoms with E-state index >= 15 is 0 Å². The zero-order chi connectivity index (χ0) is 13.0. The minimum Gasteiger partial charge on any atom is -0.369 e. The maximum Gasteiger partial charge on any atom is 0.150 e. The molecule has 0 saturated heterocycles. The van der Waals surface area contributed by atoms with Crippen LogP contribution in [0.15, 0.2) is 35.5 Å². The molecule has 0 bridgehead atoms. The number of nitrogens with zero attached hydrogens (tertiary/aromatic N) is 3. The molecule has 0 aliphatic rings. The molecule has 1 aromatic heterocycles. The summed E-state index contributed by atoms with van der Waals surface area (Å²) < 4.78 is 1.91. The van der Waals surface area contributed by atoms with Crippen molar-refractivity contribution in [2.75, 3.05) is 11.9 Å². The minimum absolute atomic E-state index is 0.734. The Bertz CT molecular complexity index is 525. The normalized spacial score (nSPS) is 10.3. The first-order valence-electron chi connectivity index (χ1n) is 6.06. The van der Waals surface area contributed by atoms with Gasteiger partial charge >= 0.3 is 0 Å². The number of hydrogen-bond acceptors (Lipinski definition) is 3. The lowest BCUT2D eigenvalue weighted by molar-refractivity contribution is 0.691. The molecule has 1 N–H and O–H groups in total. The van der Waals surface area contributed by atoms with Gasteiger partial charge in [-0.2, -0.15) is 5.10 Å². The molecule has 0 spiro atoms. The zero-order valence-corrected chi connectivity index (χ0v) is 10.8. The van der Waals surface area contributed by atoms with Crippen LogP contribution in [0.1, 0.15) is 18.1 Å². The summed E-state index contributed by atoms with van der Waals surface area (Å²) in [5.74, 6) is 0.924. The minimum atomic E-state index is 0.734. The second-order valence-corrected chi connectivity index (χ2v) is 4.21. The Kier molecular flexibility index (Phi) is 3.77. The van der Waals surface area contributed by atoms with E-state index in [1.165, 1.54) is 11.1 Å². The number of aliphatic imine (C=N–C) groups is 1.